The Morgan fingerprint density at radius 2 is 1.51 bits per heavy atom. The molecule has 4 aromatic carbocycles. The average Bonchev–Trinajstić information content (AvgIpc) is 2.98. The fraction of sp³-hybridized carbons (Fsp3) is 0.167. The first-order valence-corrected chi connectivity index (χ1v) is 12.1. The first-order valence-electron chi connectivity index (χ1n) is 12.1. The lowest BCUT2D eigenvalue weighted by Crippen LogP contribution is -2.34. The minimum absolute atomic E-state index is 0.255. The molecule has 0 heterocycles. The summed E-state index contributed by atoms with van der Waals surface area (Å²) in [6.07, 6.45) is 1.48. The van der Waals surface area contributed by atoms with Crippen LogP contribution in [0.1, 0.15) is 21.5 Å². The van der Waals surface area contributed by atoms with Crippen LogP contribution >= 0.6 is 0 Å². The second-order valence-electron chi connectivity index (χ2n) is 8.38. The minimum atomic E-state index is -0.484. The van der Waals surface area contributed by atoms with Gasteiger partial charge in [0, 0.05) is 5.56 Å². The van der Waals surface area contributed by atoms with Crippen molar-refractivity contribution in [2.45, 2.75) is 6.61 Å². The molecule has 0 aromatic heterocycles. The van der Waals surface area contributed by atoms with Crippen molar-refractivity contribution >= 4 is 28.8 Å². The molecule has 0 radical (unpaired) electrons. The third kappa shape index (κ3) is 6.84. The number of rotatable bonds is 11. The van der Waals surface area contributed by atoms with Crippen LogP contribution in [0.2, 0.25) is 0 Å². The van der Waals surface area contributed by atoms with E-state index < -0.39 is 11.8 Å². The molecule has 4 aromatic rings. The number of hydrogen-bond donors (Lipinski definition) is 2. The third-order valence-electron chi connectivity index (χ3n) is 5.91. The van der Waals surface area contributed by atoms with Crippen LogP contribution < -0.4 is 29.7 Å². The highest BCUT2D eigenvalue weighted by atomic mass is 16.5. The van der Waals surface area contributed by atoms with E-state index in [1.54, 1.807) is 37.4 Å². The summed E-state index contributed by atoms with van der Waals surface area (Å²) in [6, 6.07) is 24.3. The van der Waals surface area contributed by atoms with Crippen LogP contribution in [0.25, 0.3) is 10.8 Å². The van der Waals surface area contributed by atoms with Gasteiger partial charge in [-0.25, -0.2) is 5.43 Å². The first-order chi connectivity index (χ1) is 19.0. The number of ether oxygens (including phenoxy) is 4. The maximum Gasteiger partial charge on any atom is 0.259 e. The van der Waals surface area contributed by atoms with E-state index in [2.05, 4.69) is 34.0 Å². The molecule has 9 nitrogen and oxygen atoms in total. The molecule has 0 aliphatic rings. The van der Waals surface area contributed by atoms with Crippen molar-refractivity contribution in [2.24, 2.45) is 5.10 Å². The Morgan fingerprint density at radius 1 is 0.795 bits per heavy atom. The van der Waals surface area contributed by atoms with Gasteiger partial charge in [-0.1, -0.05) is 42.5 Å². The van der Waals surface area contributed by atoms with E-state index in [1.807, 2.05) is 24.3 Å². The predicted octanol–water partition coefficient (Wildman–Crippen LogP) is 4.32. The Bertz CT molecular complexity index is 1500. The molecule has 0 atom stereocenters. The molecule has 2 amide bonds. The van der Waals surface area contributed by atoms with Gasteiger partial charge in [0.15, 0.2) is 23.0 Å². The second-order valence-corrected chi connectivity index (χ2v) is 8.38. The second kappa shape index (κ2) is 13.0. The van der Waals surface area contributed by atoms with Gasteiger partial charge in [-0.2, -0.15) is 5.10 Å². The summed E-state index contributed by atoms with van der Waals surface area (Å²) in [4.78, 5) is 24.5. The molecule has 0 aliphatic carbocycles. The van der Waals surface area contributed by atoms with Crippen LogP contribution in [0.3, 0.4) is 0 Å². The van der Waals surface area contributed by atoms with Gasteiger partial charge in [0.2, 0.25) is 0 Å². The lowest BCUT2D eigenvalue weighted by atomic mass is 10.1. The number of hydrogen-bond acceptors (Lipinski definition) is 7. The van der Waals surface area contributed by atoms with Crippen molar-refractivity contribution < 1.29 is 28.5 Å². The van der Waals surface area contributed by atoms with Crippen LogP contribution in [-0.2, 0) is 11.4 Å². The van der Waals surface area contributed by atoms with Crippen molar-refractivity contribution in [1.82, 2.24) is 10.7 Å². The standard InChI is InChI=1S/C30H29N3O6/c1-36-25-14-12-22(16-28(25)38-3)30(35)31-18-29(34)33-32-17-20-11-13-26(27(15-20)37-2)39-19-23-9-6-8-21-7-4-5-10-24(21)23/h4-17H,18-19H2,1-3H3,(H,31,35)(H,33,34). The number of carbonyl (C=O) groups excluding carboxylic acids is 2. The molecule has 0 saturated carbocycles. The average molecular weight is 528 g/mol. The molecule has 0 fully saturated rings. The summed E-state index contributed by atoms with van der Waals surface area (Å²) in [5.74, 6) is 1.12. The smallest absolute Gasteiger partial charge is 0.259 e. The first kappa shape index (κ1) is 27.0. The molecular weight excluding hydrogens is 498 g/mol. The highest BCUT2D eigenvalue weighted by Gasteiger charge is 2.12. The zero-order valence-corrected chi connectivity index (χ0v) is 21.9. The highest BCUT2D eigenvalue weighted by Crippen LogP contribution is 2.30. The van der Waals surface area contributed by atoms with Crippen molar-refractivity contribution in [2.75, 3.05) is 27.9 Å². The van der Waals surface area contributed by atoms with Gasteiger partial charge in [-0.05, 0) is 58.3 Å². The molecule has 9 heteroatoms. The van der Waals surface area contributed by atoms with Crippen molar-refractivity contribution in [3.05, 3.63) is 95.6 Å². The van der Waals surface area contributed by atoms with E-state index in [0.29, 0.717) is 40.7 Å². The summed E-state index contributed by atoms with van der Waals surface area (Å²) in [5.41, 5.74) is 4.49. The van der Waals surface area contributed by atoms with Gasteiger partial charge in [0.1, 0.15) is 6.61 Å². The largest absolute Gasteiger partial charge is 0.493 e. The summed E-state index contributed by atoms with van der Waals surface area (Å²) in [6.45, 7) is 0.130. The summed E-state index contributed by atoms with van der Waals surface area (Å²) in [5, 5.41) is 8.80. The molecule has 0 aliphatic heterocycles. The van der Waals surface area contributed by atoms with Crippen LogP contribution in [0.5, 0.6) is 23.0 Å². The summed E-state index contributed by atoms with van der Waals surface area (Å²) in [7, 11) is 4.55. The SMILES string of the molecule is COc1ccc(C(=O)NCC(=O)NN=Cc2ccc(OCc3cccc4ccccc34)c(OC)c2)cc1OC. The molecule has 0 unspecified atom stereocenters. The van der Waals surface area contributed by atoms with E-state index in [9.17, 15) is 9.59 Å². The van der Waals surface area contributed by atoms with Gasteiger partial charge in [0.25, 0.3) is 11.8 Å². The third-order valence-corrected chi connectivity index (χ3v) is 5.91. The predicted molar refractivity (Wildman–Crippen MR) is 149 cm³/mol. The fourth-order valence-electron chi connectivity index (χ4n) is 3.92. The van der Waals surface area contributed by atoms with Crippen molar-refractivity contribution in [1.29, 1.82) is 0 Å². The summed E-state index contributed by atoms with van der Waals surface area (Å²) >= 11 is 0. The Morgan fingerprint density at radius 3 is 2.31 bits per heavy atom. The van der Waals surface area contributed by atoms with Crippen LogP contribution in [0.15, 0.2) is 84.0 Å². The van der Waals surface area contributed by atoms with E-state index in [1.165, 1.54) is 26.5 Å². The fourth-order valence-corrected chi connectivity index (χ4v) is 3.92. The number of methoxy groups -OCH3 is 3. The van der Waals surface area contributed by atoms with Gasteiger partial charge < -0.3 is 24.3 Å². The number of benzene rings is 4. The lowest BCUT2D eigenvalue weighted by Gasteiger charge is -2.12. The zero-order chi connectivity index (χ0) is 27.6. The van der Waals surface area contributed by atoms with Gasteiger partial charge in [-0.15, -0.1) is 0 Å². The monoisotopic (exact) mass is 527 g/mol. The van der Waals surface area contributed by atoms with Crippen molar-refractivity contribution in [3.8, 4) is 23.0 Å². The molecule has 200 valence electrons. The Kier molecular flexibility index (Phi) is 8.97. The van der Waals surface area contributed by atoms with Gasteiger partial charge in [-0.3, -0.25) is 9.59 Å². The molecule has 4 rings (SSSR count). The number of amides is 2. The normalized spacial score (nSPS) is 10.7. The molecular formula is C30H29N3O6. The Hall–Kier alpha value is -5.05. The number of nitrogens with one attached hydrogen (secondary N) is 2. The maximum absolute atomic E-state index is 12.4. The van der Waals surface area contributed by atoms with Gasteiger partial charge in [0.05, 0.1) is 34.1 Å². The van der Waals surface area contributed by atoms with E-state index in [4.69, 9.17) is 18.9 Å². The molecule has 2 N–H and O–H groups in total. The van der Waals surface area contributed by atoms with E-state index in [-0.39, 0.29) is 6.54 Å². The molecule has 39 heavy (non-hydrogen) atoms. The lowest BCUT2D eigenvalue weighted by molar-refractivity contribution is -0.120. The minimum Gasteiger partial charge on any atom is -0.493 e. The zero-order valence-electron chi connectivity index (χ0n) is 21.9. The quantitative estimate of drug-likeness (QED) is 0.222. The number of carbonyl (C=O) groups is 2. The highest BCUT2D eigenvalue weighted by molar-refractivity contribution is 5.97. The maximum atomic E-state index is 12.4. The number of hydrazone groups is 1. The molecule has 0 spiro atoms. The molecule has 0 saturated heterocycles. The Balaban J connectivity index is 1.30. The van der Waals surface area contributed by atoms with E-state index >= 15 is 0 Å². The summed E-state index contributed by atoms with van der Waals surface area (Å²) < 4.78 is 21.9. The molecule has 0 bridgehead atoms. The van der Waals surface area contributed by atoms with Crippen molar-refractivity contribution in [3.63, 3.8) is 0 Å². The van der Waals surface area contributed by atoms with Gasteiger partial charge >= 0.3 is 0 Å². The topological polar surface area (TPSA) is 107 Å². The number of nitrogens with zero attached hydrogens (tertiary/aromatic N) is 1. The van der Waals surface area contributed by atoms with E-state index in [0.717, 1.165) is 16.3 Å². The number of fused-ring (bicyclic) bond motifs is 1. The van der Waals surface area contributed by atoms with Crippen LogP contribution in [0.4, 0.5) is 0 Å². The van der Waals surface area contributed by atoms with Crippen LogP contribution in [0, 0.1) is 0 Å². The van der Waals surface area contributed by atoms with Crippen LogP contribution in [-0.4, -0.2) is 45.9 Å². The Labute approximate surface area is 226 Å².